The van der Waals surface area contributed by atoms with E-state index in [4.69, 9.17) is 5.73 Å². The number of aromatic nitrogens is 3. The summed E-state index contributed by atoms with van der Waals surface area (Å²) < 4.78 is 0. The molecule has 0 spiro atoms. The highest BCUT2D eigenvalue weighted by atomic mass is 16.4. The maximum Gasteiger partial charge on any atom is 0.358 e. The van der Waals surface area contributed by atoms with Crippen LogP contribution in [0.25, 0.3) is 33.4 Å². The summed E-state index contributed by atoms with van der Waals surface area (Å²) in [7, 11) is 0. The van der Waals surface area contributed by atoms with Crippen LogP contribution in [0.15, 0.2) is 60.8 Å². The lowest BCUT2D eigenvalue weighted by molar-refractivity contribution is 0.0691. The molecular weight excluding hydrogens is 354 g/mol. The van der Waals surface area contributed by atoms with Gasteiger partial charge in [-0.05, 0) is 30.3 Å². The Morgan fingerprint density at radius 3 is 2.57 bits per heavy atom. The molecule has 0 bridgehead atoms. The number of fused-ring (bicyclic) bond motifs is 1. The lowest BCUT2D eigenvalue weighted by Gasteiger charge is -2.12. The number of nitrogens with two attached hydrogens (primary N) is 1. The number of carboxylic acids is 1. The number of hydrogen-bond donors (Lipinski definition) is 2. The van der Waals surface area contributed by atoms with Crippen molar-refractivity contribution in [1.29, 1.82) is 5.26 Å². The summed E-state index contributed by atoms with van der Waals surface area (Å²) in [4.78, 5) is 24.4. The average molecular weight is 367 g/mol. The quantitative estimate of drug-likeness (QED) is 0.567. The molecule has 7 heteroatoms. The van der Waals surface area contributed by atoms with Crippen molar-refractivity contribution in [3.63, 3.8) is 0 Å². The van der Waals surface area contributed by atoms with E-state index in [1.54, 1.807) is 36.5 Å². The maximum atomic E-state index is 11.5. The number of carboxylic acid groups (broad SMARTS) is 1. The van der Waals surface area contributed by atoms with Gasteiger partial charge in [0.05, 0.1) is 28.5 Å². The van der Waals surface area contributed by atoms with Gasteiger partial charge in [-0.3, -0.25) is 4.98 Å². The molecule has 0 radical (unpaired) electrons. The van der Waals surface area contributed by atoms with Gasteiger partial charge in [-0.2, -0.15) is 5.26 Å². The van der Waals surface area contributed by atoms with Crippen molar-refractivity contribution in [3.05, 3.63) is 72.1 Å². The summed E-state index contributed by atoms with van der Waals surface area (Å²) in [5.41, 5.74) is 8.85. The molecule has 2 heterocycles. The van der Waals surface area contributed by atoms with Crippen LogP contribution >= 0.6 is 0 Å². The Morgan fingerprint density at radius 2 is 1.79 bits per heavy atom. The first-order valence-corrected chi connectivity index (χ1v) is 8.33. The van der Waals surface area contributed by atoms with Crippen LogP contribution in [0.4, 0.5) is 5.82 Å². The van der Waals surface area contributed by atoms with Gasteiger partial charge >= 0.3 is 5.97 Å². The van der Waals surface area contributed by atoms with Crippen LogP contribution in [0.2, 0.25) is 0 Å². The molecule has 2 aromatic carbocycles. The normalized spacial score (nSPS) is 10.5. The van der Waals surface area contributed by atoms with Crippen LogP contribution in [-0.2, 0) is 0 Å². The van der Waals surface area contributed by atoms with Crippen molar-refractivity contribution in [3.8, 4) is 28.6 Å². The molecule has 7 nitrogen and oxygen atoms in total. The van der Waals surface area contributed by atoms with Crippen molar-refractivity contribution in [2.45, 2.75) is 0 Å². The third kappa shape index (κ3) is 2.99. The van der Waals surface area contributed by atoms with E-state index in [-0.39, 0.29) is 11.5 Å². The van der Waals surface area contributed by atoms with E-state index >= 15 is 0 Å². The fourth-order valence-corrected chi connectivity index (χ4v) is 2.97. The zero-order valence-electron chi connectivity index (χ0n) is 14.5. The molecule has 28 heavy (non-hydrogen) atoms. The predicted molar refractivity (Wildman–Crippen MR) is 104 cm³/mol. The second-order valence-electron chi connectivity index (χ2n) is 6.06. The molecular formula is C21H13N5O2. The van der Waals surface area contributed by atoms with Gasteiger partial charge in [0.15, 0.2) is 11.5 Å². The van der Waals surface area contributed by atoms with Crippen molar-refractivity contribution in [2.75, 3.05) is 5.73 Å². The molecule has 0 aliphatic carbocycles. The summed E-state index contributed by atoms with van der Waals surface area (Å²) in [6.45, 7) is 0. The fraction of sp³-hybridized carbons (Fsp3) is 0. The van der Waals surface area contributed by atoms with Crippen molar-refractivity contribution in [2.24, 2.45) is 0 Å². The topological polar surface area (TPSA) is 126 Å². The number of hydrogen-bond acceptors (Lipinski definition) is 6. The molecule has 3 N–H and O–H groups in total. The number of rotatable bonds is 3. The van der Waals surface area contributed by atoms with Gasteiger partial charge in [0.2, 0.25) is 0 Å². The fourth-order valence-electron chi connectivity index (χ4n) is 2.97. The standard InChI is InChI=1S/C21H13N5O2/c22-11-12-3-1-4-14(9-12)18-17(25-19(21(27)28)20(23)26-18)15-6-7-16-13(10-15)5-2-8-24-16/h1-10H,(H2,23,26)(H,27,28). The highest BCUT2D eigenvalue weighted by Crippen LogP contribution is 2.32. The van der Waals surface area contributed by atoms with Gasteiger partial charge < -0.3 is 10.8 Å². The number of nitriles is 1. The van der Waals surface area contributed by atoms with Crippen LogP contribution in [0, 0.1) is 11.3 Å². The van der Waals surface area contributed by atoms with Crippen molar-refractivity contribution < 1.29 is 9.90 Å². The zero-order valence-corrected chi connectivity index (χ0v) is 14.5. The summed E-state index contributed by atoms with van der Waals surface area (Å²) in [5, 5.41) is 19.5. The van der Waals surface area contributed by atoms with Crippen LogP contribution < -0.4 is 5.73 Å². The lowest BCUT2D eigenvalue weighted by atomic mass is 10.0. The van der Waals surface area contributed by atoms with E-state index in [9.17, 15) is 15.2 Å². The van der Waals surface area contributed by atoms with Gasteiger partial charge in [0, 0.05) is 22.7 Å². The largest absolute Gasteiger partial charge is 0.476 e. The summed E-state index contributed by atoms with van der Waals surface area (Å²) >= 11 is 0. The highest BCUT2D eigenvalue weighted by Gasteiger charge is 2.19. The van der Waals surface area contributed by atoms with E-state index in [2.05, 4.69) is 21.0 Å². The minimum absolute atomic E-state index is 0.184. The minimum Gasteiger partial charge on any atom is -0.476 e. The van der Waals surface area contributed by atoms with Gasteiger partial charge in [-0.1, -0.05) is 24.3 Å². The number of pyridine rings is 1. The first-order valence-electron chi connectivity index (χ1n) is 8.33. The Balaban J connectivity index is 2.01. The number of benzene rings is 2. The summed E-state index contributed by atoms with van der Waals surface area (Å²) in [6, 6.07) is 18.2. The number of carbonyl (C=O) groups is 1. The second-order valence-corrected chi connectivity index (χ2v) is 6.06. The number of aromatic carboxylic acids is 1. The Bertz CT molecular complexity index is 1280. The van der Waals surface area contributed by atoms with E-state index in [0.29, 0.717) is 28.1 Å². The SMILES string of the molecule is N#Cc1cccc(-c2nc(N)c(C(=O)O)nc2-c2ccc3ncccc3c2)c1. The third-order valence-electron chi connectivity index (χ3n) is 4.27. The van der Waals surface area contributed by atoms with Gasteiger partial charge in [-0.15, -0.1) is 0 Å². The van der Waals surface area contributed by atoms with Crippen LogP contribution in [0.5, 0.6) is 0 Å². The summed E-state index contributed by atoms with van der Waals surface area (Å²) in [5.74, 6) is -1.44. The molecule has 0 aliphatic rings. The molecule has 0 saturated carbocycles. The molecule has 0 unspecified atom stereocenters. The Kier molecular flexibility index (Phi) is 4.14. The molecule has 0 atom stereocenters. The Hall–Kier alpha value is -4.31. The molecule has 134 valence electrons. The van der Waals surface area contributed by atoms with Crippen LogP contribution in [0.1, 0.15) is 16.1 Å². The average Bonchev–Trinajstić information content (AvgIpc) is 2.73. The van der Waals surface area contributed by atoms with Gasteiger partial charge in [0.1, 0.15) is 0 Å². The molecule has 4 rings (SSSR count). The first-order chi connectivity index (χ1) is 13.6. The monoisotopic (exact) mass is 367 g/mol. The van der Waals surface area contributed by atoms with Crippen molar-refractivity contribution >= 4 is 22.7 Å². The maximum absolute atomic E-state index is 11.5. The third-order valence-corrected chi connectivity index (χ3v) is 4.27. The molecule has 0 amide bonds. The lowest BCUT2D eigenvalue weighted by Crippen LogP contribution is -2.10. The van der Waals surface area contributed by atoms with Gasteiger partial charge in [-0.25, -0.2) is 14.8 Å². The van der Waals surface area contributed by atoms with Crippen LogP contribution in [-0.4, -0.2) is 26.0 Å². The van der Waals surface area contributed by atoms with Gasteiger partial charge in [0.25, 0.3) is 0 Å². The molecule has 0 fully saturated rings. The van der Waals surface area contributed by atoms with Crippen LogP contribution in [0.3, 0.4) is 0 Å². The smallest absolute Gasteiger partial charge is 0.358 e. The number of anilines is 1. The predicted octanol–water partition coefficient (Wildman–Crippen LogP) is 3.51. The van der Waals surface area contributed by atoms with E-state index in [1.165, 1.54) is 0 Å². The number of nitrogen functional groups attached to an aromatic ring is 1. The van der Waals surface area contributed by atoms with Crippen molar-refractivity contribution in [1.82, 2.24) is 15.0 Å². The Morgan fingerprint density at radius 1 is 1.00 bits per heavy atom. The number of nitrogens with zero attached hydrogens (tertiary/aromatic N) is 4. The van der Waals surface area contributed by atoms with E-state index in [0.717, 1.165) is 10.9 Å². The first kappa shape index (κ1) is 17.1. The van der Waals surface area contributed by atoms with E-state index in [1.807, 2.05) is 24.3 Å². The molecule has 0 saturated heterocycles. The van der Waals surface area contributed by atoms with E-state index < -0.39 is 5.97 Å². The zero-order chi connectivity index (χ0) is 19.7. The molecule has 2 aromatic heterocycles. The minimum atomic E-state index is -1.26. The second kappa shape index (κ2) is 6.78. The highest BCUT2D eigenvalue weighted by molar-refractivity contribution is 5.94. The summed E-state index contributed by atoms with van der Waals surface area (Å²) in [6.07, 6.45) is 1.70. The molecule has 4 aromatic rings. The Labute approximate surface area is 159 Å². The molecule has 0 aliphatic heterocycles.